The number of hydrogen-bond acceptors (Lipinski definition) is 9. The lowest BCUT2D eigenvalue weighted by molar-refractivity contribution is -0.138. The van der Waals surface area contributed by atoms with Crippen molar-refractivity contribution in [1.82, 2.24) is 4.57 Å². The second kappa shape index (κ2) is 10.1. The van der Waals surface area contributed by atoms with Gasteiger partial charge in [-0.3, -0.25) is 9.36 Å². The van der Waals surface area contributed by atoms with Crippen LogP contribution in [0.25, 0.3) is 6.08 Å². The number of benzene rings is 1. The number of allylic oxidation sites excluding steroid dienone is 1. The minimum Gasteiger partial charge on any atom is -0.465 e. The van der Waals surface area contributed by atoms with Gasteiger partial charge in [-0.1, -0.05) is 36.1 Å². The first kappa shape index (κ1) is 24.0. The number of carbonyl (C=O) groups is 2. The highest BCUT2D eigenvalue weighted by Gasteiger charge is 2.33. The van der Waals surface area contributed by atoms with Gasteiger partial charge in [-0.25, -0.2) is 14.6 Å². The molecule has 1 atom stereocenters. The minimum atomic E-state index is -0.817. The van der Waals surface area contributed by atoms with Crippen LogP contribution in [0.4, 0.5) is 0 Å². The quantitative estimate of drug-likeness (QED) is 0.210. The molecule has 0 saturated carbocycles. The number of fused-ring (bicyclic) bond motifs is 1. The number of esters is 2. The molecule has 9 nitrogen and oxygen atoms in total. The third-order valence-corrected chi connectivity index (χ3v) is 6.50. The van der Waals surface area contributed by atoms with E-state index in [4.69, 9.17) is 18.3 Å². The molecule has 0 bridgehead atoms. The van der Waals surface area contributed by atoms with Crippen LogP contribution in [0.15, 0.2) is 104 Å². The average molecular weight is 517 g/mol. The van der Waals surface area contributed by atoms with Crippen molar-refractivity contribution in [2.75, 3.05) is 6.61 Å². The minimum absolute atomic E-state index is 0.00686. The van der Waals surface area contributed by atoms with Gasteiger partial charge in [-0.05, 0) is 48.9 Å². The lowest BCUT2D eigenvalue weighted by Gasteiger charge is -2.24. The van der Waals surface area contributed by atoms with E-state index in [2.05, 4.69) is 11.6 Å². The van der Waals surface area contributed by atoms with Crippen LogP contribution in [-0.2, 0) is 9.53 Å². The summed E-state index contributed by atoms with van der Waals surface area (Å²) < 4.78 is 23.0. The number of hydrogen-bond donors (Lipinski definition) is 0. The summed E-state index contributed by atoms with van der Waals surface area (Å²) in [7, 11) is 0. The molecule has 0 amide bonds. The maximum atomic E-state index is 13.5. The molecule has 3 aromatic heterocycles. The first-order valence-corrected chi connectivity index (χ1v) is 12.0. The summed E-state index contributed by atoms with van der Waals surface area (Å²) in [6, 6.07) is 12.3. The third kappa shape index (κ3) is 4.74. The second-order valence-corrected chi connectivity index (χ2v) is 8.93. The second-order valence-electron chi connectivity index (χ2n) is 7.92. The van der Waals surface area contributed by atoms with Crippen LogP contribution in [0.2, 0.25) is 0 Å². The predicted molar refractivity (Wildman–Crippen MR) is 134 cm³/mol. The highest BCUT2D eigenvalue weighted by atomic mass is 32.1. The summed E-state index contributed by atoms with van der Waals surface area (Å²) in [6.45, 7) is 5.29. The monoisotopic (exact) mass is 516 g/mol. The summed E-state index contributed by atoms with van der Waals surface area (Å²) in [5.41, 5.74) is 0.917. The number of aromatic nitrogens is 1. The first-order chi connectivity index (χ1) is 18.0. The molecule has 1 aliphatic rings. The molecule has 0 radical (unpaired) electrons. The van der Waals surface area contributed by atoms with Crippen molar-refractivity contribution in [3.05, 3.63) is 122 Å². The molecule has 186 valence electrons. The van der Waals surface area contributed by atoms with E-state index in [0.717, 1.165) is 0 Å². The Morgan fingerprint density at radius 2 is 1.86 bits per heavy atom. The maximum Gasteiger partial charge on any atom is 0.379 e. The molecule has 0 spiro atoms. The molecule has 37 heavy (non-hydrogen) atoms. The van der Waals surface area contributed by atoms with E-state index in [1.165, 1.54) is 40.6 Å². The van der Waals surface area contributed by atoms with E-state index in [1.807, 2.05) is 0 Å². The van der Waals surface area contributed by atoms with Gasteiger partial charge >= 0.3 is 11.9 Å². The van der Waals surface area contributed by atoms with E-state index < -0.39 is 18.0 Å². The van der Waals surface area contributed by atoms with Crippen LogP contribution < -0.4 is 19.6 Å². The first-order valence-electron chi connectivity index (χ1n) is 11.2. The summed E-state index contributed by atoms with van der Waals surface area (Å²) >= 11 is 1.19. The van der Waals surface area contributed by atoms with Gasteiger partial charge in [0.05, 0.1) is 34.4 Å². The van der Waals surface area contributed by atoms with E-state index in [0.29, 0.717) is 26.4 Å². The van der Waals surface area contributed by atoms with Crippen molar-refractivity contribution in [1.29, 1.82) is 0 Å². The van der Waals surface area contributed by atoms with Crippen molar-refractivity contribution in [3.63, 3.8) is 0 Å². The molecule has 0 saturated heterocycles. The molecule has 10 heteroatoms. The molecular formula is C27H20N2O7S. The Bertz CT molecular complexity index is 1670. The molecule has 4 aromatic rings. The standard InChI is InChI=1S/C27H20N2O7S/c1-3-12-35-26(32)22-16(2)28-27-29(24(30)21(37-27)15-19-6-4-13-33-19)23(22)17-8-10-18(11-9-17)36-25(31)20-7-5-14-34-20/h3-11,13-15,23H,1,12H2,2H3/b21-15+/t23-/m0/s1. The highest BCUT2D eigenvalue weighted by molar-refractivity contribution is 7.07. The molecule has 4 heterocycles. The SMILES string of the molecule is C=CCOC(=O)C1=C(C)N=c2s/c(=C/c3ccco3)c(=O)n2[C@H]1c1ccc(OC(=O)c2ccco2)cc1. The van der Waals surface area contributed by atoms with Crippen molar-refractivity contribution in [2.24, 2.45) is 4.99 Å². The Balaban J connectivity index is 1.58. The van der Waals surface area contributed by atoms with Crippen LogP contribution in [0, 0.1) is 0 Å². The third-order valence-electron chi connectivity index (χ3n) is 5.52. The van der Waals surface area contributed by atoms with E-state index in [1.54, 1.807) is 55.5 Å². The van der Waals surface area contributed by atoms with Gasteiger partial charge in [0.2, 0.25) is 5.76 Å². The van der Waals surface area contributed by atoms with Crippen LogP contribution in [0.3, 0.4) is 0 Å². The van der Waals surface area contributed by atoms with E-state index >= 15 is 0 Å². The Kier molecular flexibility index (Phi) is 6.57. The number of rotatable bonds is 7. The molecule has 0 N–H and O–H groups in total. The lowest BCUT2D eigenvalue weighted by Crippen LogP contribution is -2.39. The molecule has 1 aliphatic heterocycles. The van der Waals surface area contributed by atoms with Crippen molar-refractivity contribution in [3.8, 4) is 5.75 Å². The lowest BCUT2D eigenvalue weighted by atomic mass is 9.96. The molecule has 0 fully saturated rings. The van der Waals surface area contributed by atoms with Gasteiger partial charge in [-0.2, -0.15) is 0 Å². The Morgan fingerprint density at radius 1 is 1.11 bits per heavy atom. The van der Waals surface area contributed by atoms with E-state index in [9.17, 15) is 14.4 Å². The fourth-order valence-electron chi connectivity index (χ4n) is 3.88. The summed E-state index contributed by atoms with van der Waals surface area (Å²) in [5, 5.41) is 0. The van der Waals surface area contributed by atoms with Gasteiger partial charge in [-0.15, -0.1) is 0 Å². The van der Waals surface area contributed by atoms with Gasteiger partial charge < -0.3 is 18.3 Å². The number of carbonyl (C=O) groups excluding carboxylic acids is 2. The molecule has 0 unspecified atom stereocenters. The van der Waals surface area contributed by atoms with Crippen molar-refractivity contribution >= 4 is 29.4 Å². The van der Waals surface area contributed by atoms with Crippen LogP contribution in [0.1, 0.15) is 34.8 Å². The molecule has 0 aliphatic carbocycles. The maximum absolute atomic E-state index is 13.5. The van der Waals surface area contributed by atoms with Gasteiger partial charge in [0.25, 0.3) is 5.56 Å². The van der Waals surface area contributed by atoms with E-state index in [-0.39, 0.29) is 29.2 Å². The van der Waals surface area contributed by atoms with Gasteiger partial charge in [0.1, 0.15) is 18.1 Å². The normalized spacial score (nSPS) is 15.2. The summed E-state index contributed by atoms with van der Waals surface area (Å²) in [5.74, 6) is -0.399. The zero-order valence-electron chi connectivity index (χ0n) is 19.6. The smallest absolute Gasteiger partial charge is 0.379 e. The average Bonchev–Trinajstić information content (AvgIpc) is 3.66. The number of furan rings is 2. The summed E-state index contributed by atoms with van der Waals surface area (Å²) in [4.78, 5) is 43.8. The zero-order valence-corrected chi connectivity index (χ0v) is 20.4. The highest BCUT2D eigenvalue weighted by Crippen LogP contribution is 2.31. The molecule has 1 aromatic carbocycles. The van der Waals surface area contributed by atoms with Crippen LogP contribution in [0.5, 0.6) is 5.75 Å². The fourth-order valence-corrected chi connectivity index (χ4v) is 4.91. The van der Waals surface area contributed by atoms with Gasteiger partial charge in [0.15, 0.2) is 4.80 Å². The Hall–Kier alpha value is -4.70. The Morgan fingerprint density at radius 3 is 2.54 bits per heavy atom. The van der Waals surface area contributed by atoms with Gasteiger partial charge in [0, 0.05) is 6.08 Å². The number of ether oxygens (including phenoxy) is 2. The molecular weight excluding hydrogens is 496 g/mol. The van der Waals surface area contributed by atoms with Crippen LogP contribution >= 0.6 is 11.3 Å². The summed E-state index contributed by atoms with van der Waals surface area (Å²) in [6.07, 6.45) is 5.99. The molecule has 5 rings (SSSR count). The fraction of sp³-hybridized carbons (Fsp3) is 0.111. The number of nitrogens with zero attached hydrogens (tertiary/aromatic N) is 2. The van der Waals surface area contributed by atoms with Crippen molar-refractivity contribution in [2.45, 2.75) is 13.0 Å². The topological polar surface area (TPSA) is 113 Å². The largest absolute Gasteiger partial charge is 0.465 e. The van der Waals surface area contributed by atoms with Crippen molar-refractivity contribution < 1.29 is 27.9 Å². The predicted octanol–water partition coefficient (Wildman–Crippen LogP) is 3.37. The zero-order chi connectivity index (χ0) is 25.9. The Labute approximate surface area is 213 Å². The van der Waals surface area contributed by atoms with Crippen LogP contribution in [-0.4, -0.2) is 23.1 Å². The number of thiazole rings is 1.